The van der Waals surface area contributed by atoms with E-state index in [2.05, 4.69) is 15.0 Å². The minimum atomic E-state index is -0.503. The van der Waals surface area contributed by atoms with Crippen LogP contribution in [0.5, 0.6) is 0 Å². The lowest BCUT2D eigenvalue weighted by Gasteiger charge is -2.24. The van der Waals surface area contributed by atoms with Crippen molar-refractivity contribution in [1.82, 2.24) is 19.9 Å². The molecule has 2 amide bonds. The molecule has 0 saturated carbocycles. The number of carbonyl (C=O) groups excluding carboxylic acids is 2. The average molecular weight is 354 g/mol. The Morgan fingerprint density at radius 2 is 1.92 bits per heavy atom. The summed E-state index contributed by atoms with van der Waals surface area (Å²) in [6, 6.07) is 5.07. The molecule has 2 N–H and O–H groups in total. The smallest absolute Gasteiger partial charge is 0.272 e. The second-order valence-corrected chi connectivity index (χ2v) is 6.31. The van der Waals surface area contributed by atoms with Gasteiger partial charge in [0.15, 0.2) is 0 Å². The van der Waals surface area contributed by atoms with Crippen LogP contribution < -0.4 is 10.6 Å². The van der Waals surface area contributed by atoms with Crippen molar-refractivity contribution in [1.29, 1.82) is 0 Å². The number of aromatic nitrogens is 3. The summed E-state index contributed by atoms with van der Waals surface area (Å²) in [5.41, 5.74) is 7.04. The van der Waals surface area contributed by atoms with Crippen molar-refractivity contribution in [3.05, 3.63) is 47.2 Å². The number of primary amides is 1. The van der Waals surface area contributed by atoms with Gasteiger partial charge in [0.25, 0.3) is 11.8 Å². The Labute approximate surface area is 152 Å². The van der Waals surface area contributed by atoms with Crippen LogP contribution in [0, 0.1) is 13.8 Å². The molecule has 136 valence electrons. The van der Waals surface area contributed by atoms with Crippen molar-refractivity contribution >= 4 is 17.6 Å². The van der Waals surface area contributed by atoms with E-state index in [-0.39, 0.29) is 5.91 Å². The van der Waals surface area contributed by atoms with Gasteiger partial charge in [0.2, 0.25) is 0 Å². The molecule has 1 saturated heterocycles. The van der Waals surface area contributed by atoms with E-state index in [0.717, 1.165) is 12.1 Å². The fraction of sp³-hybridized carbons (Fsp3) is 0.389. The maximum atomic E-state index is 12.8. The zero-order valence-corrected chi connectivity index (χ0v) is 15.0. The molecule has 0 unspecified atom stereocenters. The molecule has 1 aliphatic rings. The molecule has 0 aromatic carbocycles. The first-order chi connectivity index (χ1) is 12.5. The molecule has 2 aromatic rings. The molecule has 8 nitrogen and oxygen atoms in total. The Hall–Kier alpha value is -3.03. The second kappa shape index (κ2) is 7.47. The molecule has 3 heterocycles. The SMILES string of the molecule is Cc1cc(C(=O)N2CCCN(c3ncccc3C(N)=O)CC2)nc(C)n1. The summed E-state index contributed by atoms with van der Waals surface area (Å²) < 4.78 is 0. The number of hydrogen-bond donors (Lipinski definition) is 1. The lowest BCUT2D eigenvalue weighted by molar-refractivity contribution is 0.0760. The van der Waals surface area contributed by atoms with Crippen molar-refractivity contribution in [2.45, 2.75) is 20.3 Å². The average Bonchev–Trinajstić information content (AvgIpc) is 2.86. The first-order valence-corrected chi connectivity index (χ1v) is 8.57. The van der Waals surface area contributed by atoms with Gasteiger partial charge in [-0.1, -0.05) is 0 Å². The van der Waals surface area contributed by atoms with E-state index < -0.39 is 5.91 Å². The number of carbonyl (C=O) groups is 2. The number of nitrogens with two attached hydrogens (primary N) is 1. The summed E-state index contributed by atoms with van der Waals surface area (Å²) in [5, 5.41) is 0. The summed E-state index contributed by atoms with van der Waals surface area (Å²) in [6.45, 7) is 6.04. The summed E-state index contributed by atoms with van der Waals surface area (Å²) in [5.74, 6) is 0.557. The quantitative estimate of drug-likeness (QED) is 0.879. The van der Waals surface area contributed by atoms with Gasteiger partial charge in [-0.05, 0) is 38.5 Å². The number of nitrogens with zero attached hydrogens (tertiary/aromatic N) is 5. The minimum absolute atomic E-state index is 0.100. The number of pyridine rings is 1. The lowest BCUT2D eigenvalue weighted by atomic mass is 10.2. The molecule has 0 bridgehead atoms. The van der Waals surface area contributed by atoms with E-state index in [1.165, 1.54) is 0 Å². The third-order valence-electron chi connectivity index (χ3n) is 4.32. The molecule has 3 rings (SSSR count). The number of aryl methyl sites for hydroxylation is 2. The topological polar surface area (TPSA) is 105 Å². The normalized spacial score (nSPS) is 14.8. The molecular formula is C18H22N6O2. The van der Waals surface area contributed by atoms with E-state index in [9.17, 15) is 9.59 Å². The lowest BCUT2D eigenvalue weighted by Crippen LogP contribution is -2.36. The molecule has 1 aliphatic heterocycles. The molecule has 0 atom stereocenters. The second-order valence-electron chi connectivity index (χ2n) is 6.31. The van der Waals surface area contributed by atoms with E-state index in [1.807, 2.05) is 11.8 Å². The highest BCUT2D eigenvalue weighted by Crippen LogP contribution is 2.19. The summed E-state index contributed by atoms with van der Waals surface area (Å²) in [4.78, 5) is 41.0. The van der Waals surface area contributed by atoms with Crippen LogP contribution in [0.4, 0.5) is 5.82 Å². The third kappa shape index (κ3) is 3.79. The molecule has 0 aliphatic carbocycles. The highest BCUT2D eigenvalue weighted by molar-refractivity contribution is 5.97. The molecule has 1 fully saturated rings. The fourth-order valence-corrected chi connectivity index (χ4v) is 3.16. The van der Waals surface area contributed by atoms with Gasteiger partial charge < -0.3 is 15.5 Å². The monoisotopic (exact) mass is 354 g/mol. The van der Waals surface area contributed by atoms with Gasteiger partial charge in [-0.3, -0.25) is 9.59 Å². The third-order valence-corrected chi connectivity index (χ3v) is 4.32. The van der Waals surface area contributed by atoms with E-state index >= 15 is 0 Å². The maximum Gasteiger partial charge on any atom is 0.272 e. The molecule has 0 radical (unpaired) electrons. The van der Waals surface area contributed by atoms with Gasteiger partial charge in [0.1, 0.15) is 17.3 Å². The Morgan fingerprint density at radius 1 is 1.12 bits per heavy atom. The Bertz CT molecular complexity index is 818. The van der Waals surface area contributed by atoms with Gasteiger partial charge in [0.05, 0.1) is 5.56 Å². The predicted molar refractivity (Wildman–Crippen MR) is 97.0 cm³/mol. The Morgan fingerprint density at radius 3 is 2.65 bits per heavy atom. The van der Waals surface area contributed by atoms with Crippen LogP contribution in [-0.4, -0.2) is 57.8 Å². The van der Waals surface area contributed by atoms with Crippen molar-refractivity contribution < 1.29 is 9.59 Å². The van der Waals surface area contributed by atoms with E-state index in [4.69, 9.17) is 5.73 Å². The Kier molecular flexibility index (Phi) is 5.11. The summed E-state index contributed by atoms with van der Waals surface area (Å²) in [6.07, 6.45) is 2.41. The summed E-state index contributed by atoms with van der Waals surface area (Å²) in [7, 11) is 0. The highest BCUT2D eigenvalue weighted by atomic mass is 16.2. The van der Waals surface area contributed by atoms with Crippen LogP contribution >= 0.6 is 0 Å². The molecule has 8 heteroatoms. The van der Waals surface area contributed by atoms with Crippen LogP contribution in [0.25, 0.3) is 0 Å². The molecule has 0 spiro atoms. The van der Waals surface area contributed by atoms with Crippen molar-refractivity contribution in [2.75, 3.05) is 31.1 Å². The number of anilines is 1. The zero-order chi connectivity index (χ0) is 18.7. The van der Waals surface area contributed by atoms with E-state index in [1.54, 1.807) is 36.2 Å². The predicted octanol–water partition coefficient (Wildman–Crippen LogP) is 0.940. The summed E-state index contributed by atoms with van der Waals surface area (Å²) >= 11 is 0. The van der Waals surface area contributed by atoms with Crippen molar-refractivity contribution in [3.8, 4) is 0 Å². The van der Waals surface area contributed by atoms with E-state index in [0.29, 0.717) is 49.1 Å². The standard InChI is InChI=1S/C18H22N6O2/c1-12-11-15(22-13(2)21-12)18(26)24-8-4-7-23(9-10-24)17-14(16(19)25)5-3-6-20-17/h3,5-6,11H,4,7-10H2,1-2H3,(H2,19,25). The Balaban J connectivity index is 1.76. The molecular weight excluding hydrogens is 332 g/mol. The number of amides is 2. The van der Waals surface area contributed by atoms with Crippen LogP contribution in [0.2, 0.25) is 0 Å². The van der Waals surface area contributed by atoms with Crippen LogP contribution in [0.3, 0.4) is 0 Å². The highest BCUT2D eigenvalue weighted by Gasteiger charge is 2.24. The number of hydrogen-bond acceptors (Lipinski definition) is 6. The molecule has 2 aromatic heterocycles. The van der Waals surface area contributed by atoms with Gasteiger partial charge in [-0.25, -0.2) is 15.0 Å². The largest absolute Gasteiger partial charge is 0.365 e. The van der Waals surface area contributed by atoms with Gasteiger partial charge in [-0.15, -0.1) is 0 Å². The first kappa shape index (κ1) is 17.8. The van der Waals surface area contributed by atoms with Gasteiger partial charge in [-0.2, -0.15) is 0 Å². The fourth-order valence-electron chi connectivity index (χ4n) is 3.16. The van der Waals surface area contributed by atoms with Crippen LogP contribution in [0.15, 0.2) is 24.4 Å². The van der Waals surface area contributed by atoms with Gasteiger partial charge in [0, 0.05) is 38.1 Å². The maximum absolute atomic E-state index is 12.8. The van der Waals surface area contributed by atoms with Crippen molar-refractivity contribution in [3.63, 3.8) is 0 Å². The van der Waals surface area contributed by atoms with Crippen LogP contribution in [0.1, 0.15) is 38.8 Å². The first-order valence-electron chi connectivity index (χ1n) is 8.57. The zero-order valence-electron chi connectivity index (χ0n) is 15.0. The van der Waals surface area contributed by atoms with Gasteiger partial charge >= 0.3 is 0 Å². The molecule has 26 heavy (non-hydrogen) atoms. The number of rotatable bonds is 3. The van der Waals surface area contributed by atoms with Crippen LogP contribution in [-0.2, 0) is 0 Å². The minimum Gasteiger partial charge on any atom is -0.365 e. The van der Waals surface area contributed by atoms with Crippen molar-refractivity contribution in [2.24, 2.45) is 5.73 Å².